The van der Waals surface area contributed by atoms with E-state index in [0.29, 0.717) is 40.5 Å². The van der Waals surface area contributed by atoms with E-state index in [1.54, 1.807) is 19.2 Å². The van der Waals surface area contributed by atoms with Crippen molar-refractivity contribution in [1.29, 1.82) is 0 Å². The molecule has 1 atom stereocenters. The van der Waals surface area contributed by atoms with Crippen molar-refractivity contribution in [2.24, 2.45) is 11.8 Å². The van der Waals surface area contributed by atoms with Crippen LogP contribution in [0.1, 0.15) is 50.4 Å². The number of hydrogen-bond donors (Lipinski definition) is 0. The van der Waals surface area contributed by atoms with E-state index in [-0.39, 0.29) is 5.91 Å². The molecular weight excluding hydrogens is 326 g/mol. The molecule has 134 valence electrons. The molecular formula is C19H28ClNO3. The van der Waals surface area contributed by atoms with Crippen LogP contribution in [0, 0.1) is 11.8 Å². The van der Waals surface area contributed by atoms with Gasteiger partial charge in [-0.15, -0.1) is 0 Å². The summed E-state index contributed by atoms with van der Waals surface area (Å²) in [7, 11) is 1.56. The Balaban J connectivity index is 2.18. The number of likely N-dealkylation sites (tertiary alicyclic amines) is 1. The summed E-state index contributed by atoms with van der Waals surface area (Å²) in [6, 6.07) is 3.41. The number of hydrogen-bond acceptors (Lipinski definition) is 3. The zero-order chi connectivity index (χ0) is 17.7. The minimum absolute atomic E-state index is 0.0163. The smallest absolute Gasteiger partial charge is 0.254 e. The molecule has 24 heavy (non-hydrogen) atoms. The highest BCUT2D eigenvalue weighted by Gasteiger charge is 2.24. The first-order valence-electron chi connectivity index (χ1n) is 8.77. The highest BCUT2D eigenvalue weighted by atomic mass is 35.5. The van der Waals surface area contributed by atoms with E-state index >= 15 is 0 Å². The first kappa shape index (κ1) is 18.9. The summed E-state index contributed by atoms with van der Waals surface area (Å²) < 4.78 is 10.9. The van der Waals surface area contributed by atoms with Gasteiger partial charge in [-0.3, -0.25) is 4.79 Å². The summed E-state index contributed by atoms with van der Waals surface area (Å²) in [6.45, 7) is 8.51. The molecule has 1 aliphatic heterocycles. The molecule has 0 saturated carbocycles. The minimum atomic E-state index is 0.0163. The Bertz CT molecular complexity index is 574. The molecule has 0 bridgehead atoms. The maximum Gasteiger partial charge on any atom is 0.254 e. The van der Waals surface area contributed by atoms with Gasteiger partial charge in [-0.2, -0.15) is 0 Å². The molecule has 1 unspecified atom stereocenters. The van der Waals surface area contributed by atoms with Crippen molar-refractivity contribution in [1.82, 2.24) is 4.90 Å². The number of benzene rings is 1. The van der Waals surface area contributed by atoms with Crippen LogP contribution in [0.5, 0.6) is 11.5 Å². The van der Waals surface area contributed by atoms with Gasteiger partial charge in [-0.1, -0.05) is 25.4 Å². The third-order valence-electron chi connectivity index (χ3n) is 4.77. The summed E-state index contributed by atoms with van der Waals surface area (Å²) in [5, 5.41) is 0.412. The lowest BCUT2D eigenvalue weighted by atomic mass is 9.89. The second-order valence-corrected chi connectivity index (χ2v) is 7.06. The highest BCUT2D eigenvalue weighted by molar-refractivity contribution is 6.32. The quantitative estimate of drug-likeness (QED) is 0.773. The average molecular weight is 354 g/mol. The van der Waals surface area contributed by atoms with Crippen LogP contribution in [0.15, 0.2) is 12.1 Å². The topological polar surface area (TPSA) is 38.8 Å². The van der Waals surface area contributed by atoms with Crippen molar-refractivity contribution >= 4 is 17.5 Å². The molecule has 1 aromatic rings. The number of halogens is 1. The van der Waals surface area contributed by atoms with Crippen molar-refractivity contribution in [3.05, 3.63) is 22.7 Å². The molecule has 1 aliphatic rings. The number of nitrogens with zero attached hydrogens (tertiary/aromatic N) is 1. The van der Waals surface area contributed by atoms with Gasteiger partial charge < -0.3 is 14.4 Å². The summed E-state index contributed by atoms with van der Waals surface area (Å²) in [6.07, 6.45) is 3.30. The Hall–Kier alpha value is -1.42. The van der Waals surface area contributed by atoms with Crippen LogP contribution in [-0.2, 0) is 0 Å². The van der Waals surface area contributed by atoms with Crippen molar-refractivity contribution in [3.63, 3.8) is 0 Å². The Morgan fingerprint density at radius 1 is 1.33 bits per heavy atom. The first-order chi connectivity index (χ1) is 11.5. The van der Waals surface area contributed by atoms with Crippen molar-refractivity contribution in [3.8, 4) is 11.5 Å². The number of methoxy groups -OCH3 is 1. The fourth-order valence-corrected chi connectivity index (χ4v) is 3.57. The summed E-state index contributed by atoms with van der Waals surface area (Å²) in [4.78, 5) is 14.8. The number of rotatable bonds is 5. The molecule has 4 nitrogen and oxygen atoms in total. The summed E-state index contributed by atoms with van der Waals surface area (Å²) in [5.74, 6) is 2.38. The van der Waals surface area contributed by atoms with Crippen LogP contribution in [0.25, 0.3) is 0 Å². The fourth-order valence-electron chi connectivity index (χ4n) is 3.30. The van der Waals surface area contributed by atoms with Crippen LogP contribution >= 0.6 is 11.6 Å². The highest BCUT2D eigenvalue weighted by Crippen LogP contribution is 2.37. The normalized spacial score (nSPS) is 18.4. The van der Waals surface area contributed by atoms with Gasteiger partial charge in [0.2, 0.25) is 0 Å². The predicted octanol–water partition coefficient (Wildman–Crippen LogP) is 4.65. The number of carbonyl (C=O) groups excluding carboxylic acids is 1. The second-order valence-electron chi connectivity index (χ2n) is 6.65. The molecule has 0 aliphatic carbocycles. The molecule has 0 N–H and O–H groups in total. The van der Waals surface area contributed by atoms with Crippen molar-refractivity contribution < 1.29 is 14.3 Å². The molecule has 0 aromatic heterocycles. The zero-order valence-electron chi connectivity index (χ0n) is 15.1. The Morgan fingerprint density at radius 3 is 2.71 bits per heavy atom. The monoisotopic (exact) mass is 353 g/mol. The molecule has 5 heteroatoms. The average Bonchev–Trinajstić information content (AvgIpc) is 2.82. The number of ether oxygens (including phenoxy) is 2. The van der Waals surface area contributed by atoms with Crippen molar-refractivity contribution in [2.45, 2.75) is 40.0 Å². The van der Waals surface area contributed by atoms with Gasteiger partial charge in [-0.25, -0.2) is 0 Å². The van der Waals surface area contributed by atoms with E-state index in [2.05, 4.69) is 13.8 Å². The van der Waals surface area contributed by atoms with Gasteiger partial charge in [-0.05, 0) is 50.2 Å². The molecule has 1 aromatic carbocycles. The SMILES string of the molecule is CCOc1c(Cl)cc(C(=O)N2CCCC(C(C)C)CC2)cc1OC. The predicted molar refractivity (Wildman–Crippen MR) is 97.3 cm³/mol. The molecule has 1 heterocycles. The third kappa shape index (κ3) is 4.35. The Morgan fingerprint density at radius 2 is 2.08 bits per heavy atom. The second kappa shape index (κ2) is 8.61. The molecule has 1 fully saturated rings. The minimum Gasteiger partial charge on any atom is -0.493 e. The van der Waals surface area contributed by atoms with E-state index in [1.165, 1.54) is 6.42 Å². The van der Waals surface area contributed by atoms with Crippen LogP contribution in [-0.4, -0.2) is 37.6 Å². The largest absolute Gasteiger partial charge is 0.493 e. The number of carbonyl (C=O) groups is 1. The standard InChI is InChI=1S/C19H28ClNO3/c1-5-24-18-16(20)11-15(12-17(18)23-4)19(22)21-9-6-7-14(8-10-21)13(2)3/h11-14H,5-10H2,1-4H3. The van der Waals surface area contributed by atoms with Crippen LogP contribution in [0.4, 0.5) is 0 Å². The maximum absolute atomic E-state index is 12.9. The molecule has 2 rings (SSSR count). The summed E-state index contributed by atoms with van der Waals surface area (Å²) >= 11 is 6.30. The van der Waals surface area contributed by atoms with Gasteiger partial charge in [0.15, 0.2) is 11.5 Å². The van der Waals surface area contributed by atoms with E-state index in [9.17, 15) is 4.79 Å². The van der Waals surface area contributed by atoms with Gasteiger partial charge >= 0.3 is 0 Å². The van der Waals surface area contributed by atoms with E-state index in [1.807, 2.05) is 11.8 Å². The van der Waals surface area contributed by atoms with Crippen LogP contribution in [0.2, 0.25) is 5.02 Å². The van der Waals surface area contributed by atoms with Gasteiger partial charge in [0.1, 0.15) is 0 Å². The Kier molecular flexibility index (Phi) is 6.79. The molecule has 1 saturated heterocycles. The Labute approximate surface area is 150 Å². The van der Waals surface area contributed by atoms with Gasteiger partial charge in [0.25, 0.3) is 5.91 Å². The van der Waals surface area contributed by atoms with E-state index < -0.39 is 0 Å². The van der Waals surface area contributed by atoms with Crippen molar-refractivity contribution in [2.75, 3.05) is 26.8 Å². The van der Waals surface area contributed by atoms with Crippen LogP contribution < -0.4 is 9.47 Å². The fraction of sp³-hybridized carbons (Fsp3) is 0.632. The maximum atomic E-state index is 12.9. The summed E-state index contributed by atoms with van der Waals surface area (Å²) in [5.41, 5.74) is 0.559. The lowest BCUT2D eigenvalue weighted by Gasteiger charge is -2.22. The van der Waals surface area contributed by atoms with E-state index in [4.69, 9.17) is 21.1 Å². The van der Waals surface area contributed by atoms with Gasteiger partial charge in [0.05, 0.1) is 18.7 Å². The third-order valence-corrected chi connectivity index (χ3v) is 5.05. The zero-order valence-corrected chi connectivity index (χ0v) is 15.9. The molecule has 1 amide bonds. The molecule has 0 radical (unpaired) electrons. The van der Waals surface area contributed by atoms with E-state index in [0.717, 1.165) is 25.9 Å². The lowest BCUT2D eigenvalue weighted by Crippen LogP contribution is -2.32. The van der Waals surface area contributed by atoms with Gasteiger partial charge in [0, 0.05) is 18.7 Å². The first-order valence-corrected chi connectivity index (χ1v) is 9.15. The molecule has 0 spiro atoms. The number of amides is 1. The lowest BCUT2D eigenvalue weighted by molar-refractivity contribution is 0.0758. The van der Waals surface area contributed by atoms with Crippen LogP contribution in [0.3, 0.4) is 0 Å².